The van der Waals surface area contributed by atoms with Crippen LogP contribution >= 0.6 is 0 Å². The molecule has 0 aliphatic rings. The third-order valence-corrected chi connectivity index (χ3v) is 4.80. The van der Waals surface area contributed by atoms with E-state index in [1.54, 1.807) is 27.5 Å². The van der Waals surface area contributed by atoms with E-state index in [0.717, 1.165) is 27.6 Å². The number of methoxy groups -OCH3 is 3. The molecule has 0 saturated carbocycles. The number of nitrogens with two attached hydrogens (primary N) is 1. The molecule has 2 aromatic carbocycles. The molecule has 0 atom stereocenters. The van der Waals surface area contributed by atoms with Crippen LogP contribution in [0.4, 0.5) is 5.95 Å². The maximum absolute atomic E-state index is 5.91. The molecular weight excluding hydrogens is 370 g/mol. The van der Waals surface area contributed by atoms with Gasteiger partial charge in [-0.05, 0) is 29.8 Å². The Labute approximate surface area is 167 Å². The highest BCUT2D eigenvalue weighted by Gasteiger charge is 2.18. The van der Waals surface area contributed by atoms with E-state index in [1.165, 1.54) is 0 Å². The normalized spacial score (nSPS) is 10.9. The van der Waals surface area contributed by atoms with Gasteiger partial charge in [0.2, 0.25) is 11.7 Å². The number of nitrogen functional groups attached to an aromatic ring is 1. The molecule has 148 valence electrons. The standard InChI is InChI=1S/C21H21N5O3/c1-26-16-6-5-12(7-14(16)10-24-26)15-11-23-21(22)25-19(15)13-8-17(27-2)20(29-4)18(9-13)28-3/h5-11H,1-4H3,(H2,22,23,25). The summed E-state index contributed by atoms with van der Waals surface area (Å²) in [5.41, 5.74) is 10.2. The van der Waals surface area contributed by atoms with E-state index in [0.29, 0.717) is 22.9 Å². The molecule has 8 heteroatoms. The molecule has 4 rings (SSSR count). The van der Waals surface area contributed by atoms with Crippen LogP contribution in [0.2, 0.25) is 0 Å². The van der Waals surface area contributed by atoms with Gasteiger partial charge in [-0.2, -0.15) is 5.10 Å². The summed E-state index contributed by atoms with van der Waals surface area (Å²) < 4.78 is 18.2. The molecule has 2 N–H and O–H groups in total. The maximum Gasteiger partial charge on any atom is 0.220 e. The summed E-state index contributed by atoms with van der Waals surface area (Å²) in [6.07, 6.45) is 3.55. The Balaban J connectivity index is 1.94. The summed E-state index contributed by atoms with van der Waals surface area (Å²) in [7, 11) is 6.63. The minimum atomic E-state index is 0.181. The highest BCUT2D eigenvalue weighted by atomic mass is 16.5. The van der Waals surface area contributed by atoms with Crippen LogP contribution in [0.5, 0.6) is 17.2 Å². The lowest BCUT2D eigenvalue weighted by Crippen LogP contribution is -2.00. The molecule has 0 bridgehead atoms. The smallest absolute Gasteiger partial charge is 0.220 e. The molecule has 0 aliphatic carbocycles. The van der Waals surface area contributed by atoms with Gasteiger partial charge in [-0.25, -0.2) is 9.97 Å². The summed E-state index contributed by atoms with van der Waals surface area (Å²) in [6.45, 7) is 0. The number of fused-ring (bicyclic) bond motifs is 1. The van der Waals surface area contributed by atoms with E-state index in [2.05, 4.69) is 21.1 Å². The first-order valence-electron chi connectivity index (χ1n) is 8.90. The van der Waals surface area contributed by atoms with Crippen LogP contribution in [-0.4, -0.2) is 41.1 Å². The second-order valence-corrected chi connectivity index (χ2v) is 6.45. The van der Waals surface area contributed by atoms with Crippen molar-refractivity contribution >= 4 is 16.9 Å². The third kappa shape index (κ3) is 3.18. The van der Waals surface area contributed by atoms with Crippen LogP contribution in [0.3, 0.4) is 0 Å². The van der Waals surface area contributed by atoms with Crippen molar-refractivity contribution in [3.8, 4) is 39.6 Å². The highest BCUT2D eigenvalue weighted by Crippen LogP contribution is 2.42. The molecule has 0 spiro atoms. The van der Waals surface area contributed by atoms with E-state index in [1.807, 2.05) is 42.2 Å². The van der Waals surface area contributed by atoms with Gasteiger partial charge >= 0.3 is 0 Å². The Hall–Kier alpha value is -3.81. The van der Waals surface area contributed by atoms with Crippen molar-refractivity contribution in [3.05, 3.63) is 42.7 Å². The SMILES string of the molecule is COc1cc(-c2nc(N)ncc2-c2ccc3c(cnn3C)c2)cc(OC)c1OC. The van der Waals surface area contributed by atoms with Gasteiger partial charge in [0, 0.05) is 29.8 Å². The average molecular weight is 391 g/mol. The summed E-state index contributed by atoms with van der Waals surface area (Å²) >= 11 is 0. The fourth-order valence-corrected chi connectivity index (χ4v) is 3.38. The molecule has 2 aromatic heterocycles. The molecule has 2 heterocycles. The van der Waals surface area contributed by atoms with E-state index >= 15 is 0 Å². The zero-order valence-corrected chi connectivity index (χ0v) is 16.6. The first kappa shape index (κ1) is 18.5. The maximum atomic E-state index is 5.91. The molecule has 4 aromatic rings. The Bertz CT molecular complexity index is 1180. The van der Waals surface area contributed by atoms with Gasteiger partial charge in [-0.15, -0.1) is 0 Å². The predicted octanol–water partition coefficient (Wildman–Crippen LogP) is 3.31. The van der Waals surface area contributed by atoms with Gasteiger partial charge in [-0.1, -0.05) is 6.07 Å². The zero-order valence-electron chi connectivity index (χ0n) is 16.6. The van der Waals surface area contributed by atoms with Crippen molar-refractivity contribution in [1.29, 1.82) is 0 Å². The van der Waals surface area contributed by atoms with Crippen molar-refractivity contribution in [2.75, 3.05) is 27.1 Å². The average Bonchev–Trinajstić information content (AvgIpc) is 3.12. The van der Waals surface area contributed by atoms with Crippen LogP contribution < -0.4 is 19.9 Å². The van der Waals surface area contributed by atoms with E-state index in [-0.39, 0.29) is 5.95 Å². The number of rotatable bonds is 5. The number of aryl methyl sites for hydroxylation is 1. The van der Waals surface area contributed by atoms with Crippen LogP contribution in [0.25, 0.3) is 33.3 Å². The van der Waals surface area contributed by atoms with Gasteiger partial charge in [0.1, 0.15) is 0 Å². The number of ether oxygens (including phenoxy) is 3. The summed E-state index contributed by atoms with van der Waals surface area (Å²) in [6, 6.07) is 9.77. The van der Waals surface area contributed by atoms with Crippen molar-refractivity contribution in [2.24, 2.45) is 7.05 Å². The fraction of sp³-hybridized carbons (Fsp3) is 0.190. The van der Waals surface area contributed by atoms with Gasteiger partial charge in [-0.3, -0.25) is 4.68 Å². The molecule has 0 amide bonds. The molecule has 0 fully saturated rings. The van der Waals surface area contributed by atoms with E-state index < -0.39 is 0 Å². The molecular formula is C21H21N5O3. The predicted molar refractivity (Wildman–Crippen MR) is 111 cm³/mol. The number of aromatic nitrogens is 4. The van der Waals surface area contributed by atoms with Crippen LogP contribution in [0, 0.1) is 0 Å². The lowest BCUT2D eigenvalue weighted by Gasteiger charge is -2.15. The van der Waals surface area contributed by atoms with Crippen molar-refractivity contribution in [1.82, 2.24) is 19.7 Å². The Morgan fingerprint density at radius 1 is 0.897 bits per heavy atom. The van der Waals surface area contributed by atoms with E-state index in [9.17, 15) is 0 Å². The number of hydrogen-bond acceptors (Lipinski definition) is 7. The van der Waals surface area contributed by atoms with Gasteiger partial charge in [0.25, 0.3) is 0 Å². The quantitative estimate of drug-likeness (QED) is 0.557. The van der Waals surface area contributed by atoms with Crippen LogP contribution in [0.15, 0.2) is 42.7 Å². The summed E-state index contributed by atoms with van der Waals surface area (Å²) in [5.74, 6) is 1.76. The first-order chi connectivity index (χ1) is 14.0. The number of anilines is 1. The van der Waals surface area contributed by atoms with Crippen LogP contribution in [-0.2, 0) is 7.05 Å². The molecule has 8 nitrogen and oxygen atoms in total. The third-order valence-electron chi connectivity index (χ3n) is 4.80. The van der Waals surface area contributed by atoms with Gasteiger partial charge < -0.3 is 19.9 Å². The lowest BCUT2D eigenvalue weighted by atomic mass is 9.99. The minimum Gasteiger partial charge on any atom is -0.493 e. The van der Waals surface area contributed by atoms with Gasteiger partial charge in [0.05, 0.1) is 38.7 Å². The Morgan fingerprint density at radius 3 is 2.28 bits per heavy atom. The zero-order chi connectivity index (χ0) is 20.5. The van der Waals surface area contributed by atoms with Crippen LogP contribution in [0.1, 0.15) is 0 Å². The highest BCUT2D eigenvalue weighted by molar-refractivity contribution is 5.89. The van der Waals surface area contributed by atoms with Crippen molar-refractivity contribution in [3.63, 3.8) is 0 Å². The molecule has 0 aliphatic heterocycles. The second kappa shape index (κ2) is 7.31. The lowest BCUT2D eigenvalue weighted by molar-refractivity contribution is 0.324. The molecule has 0 unspecified atom stereocenters. The second-order valence-electron chi connectivity index (χ2n) is 6.45. The topological polar surface area (TPSA) is 97.3 Å². The van der Waals surface area contributed by atoms with Crippen molar-refractivity contribution < 1.29 is 14.2 Å². The van der Waals surface area contributed by atoms with Gasteiger partial charge in [0.15, 0.2) is 11.5 Å². The Morgan fingerprint density at radius 2 is 1.62 bits per heavy atom. The molecule has 0 saturated heterocycles. The Kier molecular flexibility index (Phi) is 4.67. The summed E-state index contributed by atoms with van der Waals surface area (Å²) in [5, 5.41) is 5.33. The fourth-order valence-electron chi connectivity index (χ4n) is 3.38. The number of benzene rings is 2. The minimum absolute atomic E-state index is 0.181. The molecule has 0 radical (unpaired) electrons. The van der Waals surface area contributed by atoms with E-state index in [4.69, 9.17) is 19.9 Å². The first-order valence-corrected chi connectivity index (χ1v) is 8.90. The number of hydrogen-bond donors (Lipinski definition) is 1. The summed E-state index contributed by atoms with van der Waals surface area (Å²) in [4.78, 5) is 8.71. The largest absolute Gasteiger partial charge is 0.493 e. The number of nitrogens with zero attached hydrogens (tertiary/aromatic N) is 4. The van der Waals surface area contributed by atoms with Crippen molar-refractivity contribution in [2.45, 2.75) is 0 Å². The molecule has 29 heavy (non-hydrogen) atoms. The monoisotopic (exact) mass is 391 g/mol.